The quantitative estimate of drug-likeness (QED) is 0.503. The van der Waals surface area contributed by atoms with Crippen LogP contribution in [0.25, 0.3) is 0 Å². The van der Waals surface area contributed by atoms with Crippen molar-refractivity contribution in [3.8, 4) is 11.5 Å². The smallest absolute Gasteiger partial charge is 0.191 e. The number of guanidine groups is 1. The highest BCUT2D eigenvalue weighted by atomic mass is 32.2. The van der Waals surface area contributed by atoms with E-state index in [9.17, 15) is 8.42 Å². The predicted molar refractivity (Wildman–Crippen MR) is 113 cm³/mol. The minimum absolute atomic E-state index is 0.00457. The Balaban J connectivity index is 2.05. The molecule has 2 rings (SSSR count). The molecule has 0 spiro atoms. The average Bonchev–Trinajstić information content (AvgIpc) is 2.64. The molecule has 7 nitrogen and oxygen atoms in total. The van der Waals surface area contributed by atoms with Gasteiger partial charge in [-0.3, -0.25) is 4.99 Å². The van der Waals surface area contributed by atoms with Crippen LogP contribution in [0.2, 0.25) is 0 Å². The number of sulfone groups is 1. The van der Waals surface area contributed by atoms with E-state index in [-0.39, 0.29) is 17.2 Å². The number of fused-ring (bicyclic) bond motifs is 1. The van der Waals surface area contributed by atoms with Crippen molar-refractivity contribution in [1.29, 1.82) is 0 Å². The van der Waals surface area contributed by atoms with E-state index < -0.39 is 9.84 Å². The normalized spacial score (nSPS) is 15.8. The lowest BCUT2D eigenvalue weighted by atomic mass is 9.84. The summed E-state index contributed by atoms with van der Waals surface area (Å²) in [7, 11) is -2.97. The first-order valence-corrected chi connectivity index (χ1v) is 11.8. The molecule has 8 heteroatoms. The molecule has 1 aliphatic rings. The monoisotopic (exact) mass is 411 g/mol. The molecule has 0 saturated carbocycles. The number of ether oxygens (including phenoxy) is 2. The van der Waals surface area contributed by atoms with E-state index in [0.717, 1.165) is 23.6 Å². The fraction of sp³-hybridized carbons (Fsp3) is 0.650. The molecule has 0 amide bonds. The number of nitrogens with one attached hydrogen (secondary N) is 2. The fourth-order valence-electron chi connectivity index (χ4n) is 2.85. The van der Waals surface area contributed by atoms with Crippen LogP contribution in [0, 0.1) is 0 Å². The van der Waals surface area contributed by atoms with Gasteiger partial charge in [0, 0.05) is 24.3 Å². The van der Waals surface area contributed by atoms with Gasteiger partial charge < -0.3 is 20.1 Å². The van der Waals surface area contributed by atoms with Crippen LogP contribution in [-0.2, 0) is 15.3 Å². The third-order valence-corrected chi connectivity index (χ3v) is 5.58. The van der Waals surface area contributed by atoms with Crippen molar-refractivity contribution in [2.45, 2.75) is 45.6 Å². The topological polar surface area (TPSA) is 89.0 Å². The summed E-state index contributed by atoms with van der Waals surface area (Å²) in [6.45, 7) is 10.7. The van der Waals surface area contributed by atoms with Gasteiger partial charge in [0.1, 0.15) is 23.1 Å². The van der Waals surface area contributed by atoms with E-state index in [1.807, 2.05) is 26.0 Å². The summed E-state index contributed by atoms with van der Waals surface area (Å²) in [5, 5.41) is 6.52. The lowest BCUT2D eigenvalue weighted by Crippen LogP contribution is -2.43. The van der Waals surface area contributed by atoms with Crippen LogP contribution in [0.5, 0.6) is 11.5 Å². The molecule has 0 saturated heterocycles. The van der Waals surface area contributed by atoms with Gasteiger partial charge in [-0.1, -0.05) is 19.9 Å². The second-order valence-electron chi connectivity index (χ2n) is 7.90. The molecule has 28 heavy (non-hydrogen) atoms. The van der Waals surface area contributed by atoms with Crippen molar-refractivity contribution in [1.82, 2.24) is 10.6 Å². The first kappa shape index (κ1) is 22.3. The van der Waals surface area contributed by atoms with Crippen LogP contribution in [0.3, 0.4) is 0 Å². The van der Waals surface area contributed by atoms with Gasteiger partial charge in [0.05, 0.1) is 12.3 Å². The van der Waals surface area contributed by atoms with Crippen LogP contribution in [-0.4, -0.2) is 58.7 Å². The van der Waals surface area contributed by atoms with Crippen LogP contribution in [0.4, 0.5) is 0 Å². The molecule has 2 N–H and O–H groups in total. The molecule has 1 atom stereocenters. The average molecular weight is 412 g/mol. The Morgan fingerprint density at radius 3 is 2.57 bits per heavy atom. The van der Waals surface area contributed by atoms with Crippen molar-refractivity contribution in [3.05, 3.63) is 23.8 Å². The highest BCUT2D eigenvalue weighted by molar-refractivity contribution is 7.90. The minimum Gasteiger partial charge on any atom is -0.486 e. The van der Waals surface area contributed by atoms with Crippen molar-refractivity contribution in [3.63, 3.8) is 0 Å². The second-order valence-corrected chi connectivity index (χ2v) is 10.2. The largest absolute Gasteiger partial charge is 0.486 e. The number of rotatable bonds is 8. The summed E-state index contributed by atoms with van der Waals surface area (Å²) in [4.78, 5) is 4.73. The number of aliphatic imine (C=N–C) groups is 1. The summed E-state index contributed by atoms with van der Waals surface area (Å²) >= 11 is 0. The zero-order valence-electron chi connectivity index (χ0n) is 17.5. The molecule has 0 radical (unpaired) electrons. The summed E-state index contributed by atoms with van der Waals surface area (Å²) in [6, 6.07) is 6.04. The molecular formula is C20H33N3O4S. The van der Waals surface area contributed by atoms with Gasteiger partial charge in [0.25, 0.3) is 0 Å². The molecule has 1 aromatic carbocycles. The SMILES string of the molecule is CCNC(=NCC(C)(C)c1ccc2c(c1)OCCO2)NC(C)CCS(C)(=O)=O. The number of nitrogens with zero attached hydrogens (tertiary/aromatic N) is 1. The standard InChI is InChI=1S/C20H33N3O4S/c1-6-21-19(23-15(2)9-12-28(5,24)25)22-14-20(3,4)16-7-8-17-18(13-16)27-11-10-26-17/h7-8,13,15H,6,9-12,14H2,1-5H3,(H2,21,22,23). The molecule has 1 aromatic rings. The third-order valence-electron chi connectivity index (χ3n) is 4.61. The van der Waals surface area contributed by atoms with Crippen molar-refractivity contribution in [2.24, 2.45) is 4.99 Å². The van der Waals surface area contributed by atoms with Crippen LogP contribution < -0.4 is 20.1 Å². The second kappa shape index (κ2) is 9.49. The first-order chi connectivity index (χ1) is 13.1. The minimum atomic E-state index is -2.97. The molecule has 158 valence electrons. The van der Waals surface area contributed by atoms with Crippen LogP contribution in [0.1, 0.15) is 39.7 Å². The Labute approximate surface area is 168 Å². The summed E-state index contributed by atoms with van der Waals surface area (Å²) in [6.07, 6.45) is 1.80. The summed E-state index contributed by atoms with van der Waals surface area (Å²) < 4.78 is 34.0. The molecule has 1 aliphatic heterocycles. The highest BCUT2D eigenvalue weighted by Gasteiger charge is 2.23. The van der Waals surface area contributed by atoms with E-state index in [1.165, 1.54) is 6.26 Å². The van der Waals surface area contributed by atoms with Gasteiger partial charge in [-0.15, -0.1) is 0 Å². The molecule has 1 unspecified atom stereocenters. The first-order valence-electron chi connectivity index (χ1n) is 9.73. The van der Waals surface area contributed by atoms with Gasteiger partial charge in [0.15, 0.2) is 17.5 Å². The van der Waals surface area contributed by atoms with Crippen LogP contribution in [0.15, 0.2) is 23.2 Å². The molecule has 0 fully saturated rings. The van der Waals surface area contributed by atoms with E-state index >= 15 is 0 Å². The lowest BCUT2D eigenvalue weighted by Gasteiger charge is -2.27. The Bertz CT molecular complexity index is 791. The number of hydrogen-bond acceptors (Lipinski definition) is 5. The summed E-state index contributed by atoms with van der Waals surface area (Å²) in [5.74, 6) is 2.40. The van der Waals surface area contributed by atoms with E-state index in [4.69, 9.17) is 14.5 Å². The van der Waals surface area contributed by atoms with E-state index in [0.29, 0.717) is 32.1 Å². The Hall–Kier alpha value is -1.96. The zero-order chi connectivity index (χ0) is 20.8. The van der Waals surface area contributed by atoms with Gasteiger partial charge >= 0.3 is 0 Å². The van der Waals surface area contributed by atoms with Crippen molar-refractivity contribution < 1.29 is 17.9 Å². The zero-order valence-corrected chi connectivity index (χ0v) is 18.4. The maximum absolute atomic E-state index is 11.4. The van der Waals surface area contributed by atoms with Crippen molar-refractivity contribution >= 4 is 15.8 Å². The van der Waals surface area contributed by atoms with Crippen molar-refractivity contribution in [2.75, 3.05) is 38.3 Å². The molecule has 0 aliphatic carbocycles. The van der Waals surface area contributed by atoms with Gasteiger partial charge in [-0.25, -0.2) is 8.42 Å². The fourth-order valence-corrected chi connectivity index (χ4v) is 3.63. The van der Waals surface area contributed by atoms with Gasteiger partial charge in [-0.2, -0.15) is 0 Å². The summed E-state index contributed by atoms with van der Waals surface area (Å²) in [5.41, 5.74) is 0.926. The maximum Gasteiger partial charge on any atom is 0.191 e. The maximum atomic E-state index is 11.4. The molecular weight excluding hydrogens is 378 g/mol. The van der Waals surface area contributed by atoms with E-state index in [2.05, 4.69) is 30.5 Å². The number of hydrogen-bond donors (Lipinski definition) is 2. The molecule has 0 bridgehead atoms. The predicted octanol–water partition coefficient (Wildman–Crippen LogP) is 2.11. The lowest BCUT2D eigenvalue weighted by molar-refractivity contribution is 0.171. The molecule has 1 heterocycles. The van der Waals surface area contributed by atoms with Crippen LogP contribution >= 0.6 is 0 Å². The molecule has 0 aromatic heterocycles. The Morgan fingerprint density at radius 2 is 1.93 bits per heavy atom. The number of benzene rings is 1. The van der Waals surface area contributed by atoms with E-state index in [1.54, 1.807) is 0 Å². The van der Waals surface area contributed by atoms with Gasteiger partial charge in [-0.05, 0) is 38.0 Å². The Kier molecular flexibility index (Phi) is 7.57. The third kappa shape index (κ3) is 6.89. The Morgan fingerprint density at radius 1 is 1.25 bits per heavy atom. The highest BCUT2D eigenvalue weighted by Crippen LogP contribution is 2.35. The van der Waals surface area contributed by atoms with Gasteiger partial charge in [0.2, 0.25) is 0 Å².